The number of hydrogen-bond acceptors (Lipinski definition) is 2. The molecule has 0 atom stereocenters. The van der Waals surface area contributed by atoms with Gasteiger partial charge in [-0.1, -0.05) is 48.7 Å². The lowest BCUT2D eigenvalue weighted by Crippen LogP contribution is -2.32. The first-order valence-corrected chi connectivity index (χ1v) is 7.82. The normalized spacial score (nSPS) is 11.9. The van der Waals surface area contributed by atoms with E-state index in [1.807, 2.05) is 0 Å². The zero-order valence-electron chi connectivity index (χ0n) is 12.2. The molecule has 0 bridgehead atoms. The molecule has 20 heavy (non-hydrogen) atoms. The Morgan fingerprint density at radius 3 is 2.30 bits per heavy atom. The van der Waals surface area contributed by atoms with E-state index in [1.165, 1.54) is 0 Å². The molecule has 5 heteroatoms. The van der Waals surface area contributed by atoms with Crippen molar-refractivity contribution in [3.8, 4) is 0 Å². The van der Waals surface area contributed by atoms with E-state index in [9.17, 15) is 0 Å². The number of ether oxygens (including phenoxy) is 1. The van der Waals surface area contributed by atoms with Crippen molar-refractivity contribution in [2.75, 3.05) is 26.8 Å². The summed E-state index contributed by atoms with van der Waals surface area (Å²) in [5, 5.41) is 5.25. The highest BCUT2D eigenvalue weighted by Gasteiger charge is 2.19. The predicted molar refractivity (Wildman–Crippen MR) is 88.3 cm³/mol. The van der Waals surface area contributed by atoms with Crippen LogP contribution in [0.15, 0.2) is 12.1 Å². The molecule has 0 aromatic heterocycles. The molecule has 0 aliphatic rings. The lowest BCUT2D eigenvalue weighted by molar-refractivity contribution is 0.193. The van der Waals surface area contributed by atoms with Crippen molar-refractivity contribution in [3.05, 3.63) is 32.8 Å². The van der Waals surface area contributed by atoms with Crippen LogP contribution in [0.25, 0.3) is 0 Å². The third kappa shape index (κ3) is 6.19. The third-order valence-electron chi connectivity index (χ3n) is 3.24. The van der Waals surface area contributed by atoms with E-state index in [-0.39, 0.29) is 5.41 Å². The van der Waals surface area contributed by atoms with Crippen molar-refractivity contribution in [3.63, 3.8) is 0 Å². The quantitative estimate of drug-likeness (QED) is 0.685. The smallest absolute Gasteiger partial charge is 0.0587 e. The lowest BCUT2D eigenvalue weighted by Gasteiger charge is -2.25. The number of hydrogen-bond donors (Lipinski definition) is 1. The highest BCUT2D eigenvalue weighted by molar-refractivity contribution is 6.39. The fourth-order valence-electron chi connectivity index (χ4n) is 1.96. The Bertz CT molecular complexity index is 412. The molecule has 0 saturated heterocycles. The van der Waals surface area contributed by atoms with Gasteiger partial charge in [0, 0.05) is 35.3 Å². The maximum absolute atomic E-state index is 6.21. The van der Waals surface area contributed by atoms with Gasteiger partial charge in [0.05, 0.1) is 6.61 Å². The van der Waals surface area contributed by atoms with Crippen molar-refractivity contribution >= 4 is 34.8 Å². The zero-order valence-corrected chi connectivity index (χ0v) is 14.5. The monoisotopic (exact) mass is 337 g/mol. The fraction of sp³-hybridized carbons (Fsp3) is 0.600. The molecular formula is C15H22Cl3NO. The van der Waals surface area contributed by atoms with E-state index in [2.05, 4.69) is 19.2 Å². The van der Waals surface area contributed by atoms with Crippen molar-refractivity contribution in [1.82, 2.24) is 5.32 Å². The van der Waals surface area contributed by atoms with Crippen LogP contribution in [0.3, 0.4) is 0 Å². The summed E-state index contributed by atoms with van der Waals surface area (Å²) in [6.45, 7) is 6.97. The number of rotatable bonds is 8. The minimum atomic E-state index is 0.167. The SMILES string of the molecule is COCCNCC(C)(C)CCc1c(Cl)cc(Cl)cc1Cl. The molecule has 0 fully saturated rings. The second kappa shape index (κ2) is 8.45. The number of benzene rings is 1. The highest BCUT2D eigenvalue weighted by Crippen LogP contribution is 2.32. The maximum atomic E-state index is 6.21. The summed E-state index contributed by atoms with van der Waals surface area (Å²) >= 11 is 18.3. The van der Waals surface area contributed by atoms with Crippen LogP contribution in [0.5, 0.6) is 0 Å². The van der Waals surface area contributed by atoms with Gasteiger partial charge in [0.1, 0.15) is 0 Å². The van der Waals surface area contributed by atoms with Crippen LogP contribution in [0.4, 0.5) is 0 Å². The topological polar surface area (TPSA) is 21.3 Å². The van der Waals surface area contributed by atoms with Gasteiger partial charge in [0.25, 0.3) is 0 Å². The maximum Gasteiger partial charge on any atom is 0.0587 e. The molecule has 1 N–H and O–H groups in total. The largest absolute Gasteiger partial charge is 0.383 e. The molecule has 0 saturated carbocycles. The molecule has 1 rings (SSSR count). The molecule has 0 radical (unpaired) electrons. The average molecular weight is 339 g/mol. The second-order valence-electron chi connectivity index (χ2n) is 5.68. The molecule has 114 valence electrons. The number of halogens is 3. The van der Waals surface area contributed by atoms with E-state index in [0.29, 0.717) is 15.1 Å². The van der Waals surface area contributed by atoms with Crippen LogP contribution in [0, 0.1) is 5.41 Å². The van der Waals surface area contributed by atoms with Crippen molar-refractivity contribution < 1.29 is 4.74 Å². The van der Waals surface area contributed by atoms with Gasteiger partial charge in [-0.25, -0.2) is 0 Å². The molecule has 0 unspecified atom stereocenters. The molecule has 0 amide bonds. The molecule has 1 aromatic rings. The molecule has 2 nitrogen and oxygen atoms in total. The van der Waals surface area contributed by atoms with E-state index < -0.39 is 0 Å². The van der Waals surface area contributed by atoms with Crippen LogP contribution in [0.2, 0.25) is 15.1 Å². The third-order valence-corrected chi connectivity index (χ3v) is 4.14. The van der Waals surface area contributed by atoms with Crippen molar-refractivity contribution in [1.29, 1.82) is 0 Å². The predicted octanol–water partition coefficient (Wildman–Crippen LogP) is 4.84. The first-order chi connectivity index (χ1) is 9.35. The van der Waals surface area contributed by atoms with Crippen LogP contribution >= 0.6 is 34.8 Å². The Morgan fingerprint density at radius 1 is 1.15 bits per heavy atom. The molecule has 1 aromatic carbocycles. The van der Waals surface area contributed by atoms with Crippen molar-refractivity contribution in [2.24, 2.45) is 5.41 Å². The Morgan fingerprint density at radius 2 is 1.75 bits per heavy atom. The van der Waals surface area contributed by atoms with E-state index in [1.54, 1.807) is 19.2 Å². The van der Waals surface area contributed by atoms with Crippen LogP contribution in [0.1, 0.15) is 25.8 Å². The number of nitrogens with one attached hydrogen (secondary N) is 1. The summed E-state index contributed by atoms with van der Waals surface area (Å²) in [6.07, 6.45) is 1.84. The standard InChI is InChI=1S/C15H22Cl3NO/c1-15(2,10-19-6-7-20-3)5-4-12-13(17)8-11(16)9-14(12)18/h8-9,19H,4-7,10H2,1-3H3. The van der Waals surface area contributed by atoms with Gasteiger partial charge in [-0.05, 0) is 36.0 Å². The molecule has 0 aliphatic heterocycles. The Labute approximate surface area is 136 Å². The van der Waals surface area contributed by atoms with Gasteiger partial charge >= 0.3 is 0 Å². The van der Waals surface area contributed by atoms with E-state index in [4.69, 9.17) is 39.5 Å². The molecule has 0 spiro atoms. The van der Waals surface area contributed by atoms with Gasteiger partial charge in [0.2, 0.25) is 0 Å². The van der Waals surface area contributed by atoms with Crippen LogP contribution in [-0.4, -0.2) is 26.8 Å². The first-order valence-electron chi connectivity index (χ1n) is 6.69. The highest BCUT2D eigenvalue weighted by atomic mass is 35.5. The Kier molecular flexibility index (Phi) is 7.63. The van der Waals surface area contributed by atoms with Gasteiger partial charge in [-0.3, -0.25) is 0 Å². The Hall–Kier alpha value is 0.01000. The molecular weight excluding hydrogens is 317 g/mol. The van der Waals surface area contributed by atoms with E-state index in [0.717, 1.165) is 38.1 Å². The van der Waals surface area contributed by atoms with Gasteiger partial charge < -0.3 is 10.1 Å². The molecule has 0 aliphatic carbocycles. The van der Waals surface area contributed by atoms with E-state index >= 15 is 0 Å². The minimum Gasteiger partial charge on any atom is -0.383 e. The summed E-state index contributed by atoms with van der Waals surface area (Å²) in [5.74, 6) is 0. The van der Waals surface area contributed by atoms with Gasteiger partial charge in [-0.15, -0.1) is 0 Å². The molecule has 0 heterocycles. The van der Waals surface area contributed by atoms with Crippen LogP contribution in [-0.2, 0) is 11.2 Å². The second-order valence-corrected chi connectivity index (χ2v) is 6.93. The summed E-state index contributed by atoms with van der Waals surface area (Å²) in [5.41, 5.74) is 1.14. The Balaban J connectivity index is 2.53. The summed E-state index contributed by atoms with van der Waals surface area (Å²) in [7, 11) is 1.71. The van der Waals surface area contributed by atoms with Gasteiger partial charge in [-0.2, -0.15) is 0 Å². The van der Waals surface area contributed by atoms with Crippen molar-refractivity contribution in [2.45, 2.75) is 26.7 Å². The number of methoxy groups -OCH3 is 1. The zero-order chi connectivity index (χ0) is 15.2. The fourth-order valence-corrected chi connectivity index (χ4v) is 2.97. The minimum absolute atomic E-state index is 0.167. The van der Waals surface area contributed by atoms with Crippen LogP contribution < -0.4 is 5.32 Å². The summed E-state index contributed by atoms with van der Waals surface area (Å²) in [4.78, 5) is 0. The summed E-state index contributed by atoms with van der Waals surface area (Å²) < 4.78 is 5.02. The summed E-state index contributed by atoms with van der Waals surface area (Å²) in [6, 6.07) is 3.49. The first kappa shape index (κ1) is 18.1. The van der Waals surface area contributed by atoms with Gasteiger partial charge in [0.15, 0.2) is 0 Å². The average Bonchev–Trinajstić information content (AvgIpc) is 2.33. The lowest BCUT2D eigenvalue weighted by atomic mass is 9.86.